The molecule has 4 rings (SSSR count). The highest BCUT2D eigenvalue weighted by Crippen LogP contribution is 2.43. The van der Waals surface area contributed by atoms with Gasteiger partial charge >= 0.3 is 0 Å². The van der Waals surface area contributed by atoms with Crippen LogP contribution in [-0.4, -0.2) is 28.9 Å². The lowest BCUT2D eigenvalue weighted by molar-refractivity contribution is -0.117. The predicted octanol–water partition coefficient (Wildman–Crippen LogP) is 5.17. The van der Waals surface area contributed by atoms with Crippen molar-refractivity contribution in [2.24, 2.45) is 0 Å². The number of rotatable bonds is 5. The van der Waals surface area contributed by atoms with Crippen LogP contribution in [0.3, 0.4) is 0 Å². The number of carbonyl (C=O) groups excluding carboxylic acids is 2. The fourth-order valence-electron chi connectivity index (χ4n) is 4.18. The van der Waals surface area contributed by atoms with Gasteiger partial charge in [-0.15, -0.1) is 11.3 Å². The fourth-order valence-corrected chi connectivity index (χ4v) is 5.06. The molecule has 1 aliphatic rings. The molecule has 0 spiro atoms. The number of thiazole rings is 1. The summed E-state index contributed by atoms with van der Waals surface area (Å²) in [6, 6.07) is 12.2. The smallest absolute Gasteiger partial charge is 0.294 e. The monoisotopic (exact) mass is 448 g/mol. The highest BCUT2D eigenvalue weighted by Gasteiger charge is 2.45. The molecule has 1 aliphatic heterocycles. The second kappa shape index (κ2) is 8.24. The van der Waals surface area contributed by atoms with Crippen LogP contribution >= 0.6 is 11.3 Å². The summed E-state index contributed by atoms with van der Waals surface area (Å²) in [6.45, 7) is 7.47. The quantitative estimate of drug-likeness (QED) is 0.545. The van der Waals surface area contributed by atoms with Crippen LogP contribution in [0.4, 0.5) is 5.69 Å². The van der Waals surface area contributed by atoms with Crippen molar-refractivity contribution < 1.29 is 19.4 Å². The largest absolute Gasteiger partial charge is 0.503 e. The minimum absolute atomic E-state index is 0.0502. The van der Waals surface area contributed by atoms with E-state index in [2.05, 4.69) is 4.98 Å². The molecule has 0 aliphatic carbocycles. The number of ether oxygens (including phenoxy) is 1. The number of methoxy groups -OCH3 is 1. The molecule has 0 bridgehead atoms. The highest BCUT2D eigenvalue weighted by molar-refractivity contribution is 7.14. The Kier molecular flexibility index (Phi) is 5.60. The molecule has 1 unspecified atom stereocenters. The first-order chi connectivity index (χ1) is 15.2. The molecule has 1 aromatic heterocycles. The van der Waals surface area contributed by atoms with Gasteiger partial charge in [0.1, 0.15) is 5.75 Å². The summed E-state index contributed by atoms with van der Waals surface area (Å²) in [5, 5.41) is 11.7. The molecule has 164 valence electrons. The Balaban J connectivity index is 1.93. The van der Waals surface area contributed by atoms with Crippen molar-refractivity contribution in [3.63, 3.8) is 0 Å². The Morgan fingerprint density at radius 1 is 1.09 bits per heavy atom. The number of hydrogen-bond donors (Lipinski definition) is 1. The molecule has 0 saturated heterocycles. The van der Waals surface area contributed by atoms with Crippen molar-refractivity contribution in [1.82, 2.24) is 4.98 Å². The molecule has 2 heterocycles. The van der Waals surface area contributed by atoms with Gasteiger partial charge in [-0.3, -0.25) is 14.5 Å². The summed E-state index contributed by atoms with van der Waals surface area (Å²) in [5.41, 5.74) is 3.87. The highest BCUT2D eigenvalue weighted by atomic mass is 32.1. The van der Waals surface area contributed by atoms with E-state index >= 15 is 0 Å². The van der Waals surface area contributed by atoms with Gasteiger partial charge in [0.05, 0.1) is 34.3 Å². The van der Waals surface area contributed by atoms with Gasteiger partial charge < -0.3 is 9.84 Å². The van der Waals surface area contributed by atoms with Gasteiger partial charge in [0.2, 0.25) is 5.78 Å². The third-order valence-corrected chi connectivity index (χ3v) is 6.53. The average Bonchev–Trinajstić information content (AvgIpc) is 3.22. The summed E-state index contributed by atoms with van der Waals surface area (Å²) in [4.78, 5) is 33.2. The van der Waals surface area contributed by atoms with Crippen LogP contribution in [0.1, 0.15) is 43.1 Å². The first-order valence-corrected chi connectivity index (χ1v) is 11.0. The van der Waals surface area contributed by atoms with Crippen LogP contribution in [0.15, 0.2) is 53.8 Å². The number of aliphatic hydroxyl groups is 1. The number of anilines is 1. The molecule has 2 aromatic carbocycles. The zero-order valence-electron chi connectivity index (χ0n) is 18.6. The number of aryl methyl sites for hydroxylation is 4. The van der Waals surface area contributed by atoms with E-state index < -0.39 is 23.5 Å². The molecule has 1 atom stereocenters. The molecule has 0 radical (unpaired) electrons. The number of aromatic nitrogens is 1. The van der Waals surface area contributed by atoms with Crippen LogP contribution in [0.5, 0.6) is 5.75 Å². The lowest BCUT2D eigenvalue weighted by Crippen LogP contribution is -2.31. The number of carbonyl (C=O) groups is 2. The molecular formula is C25H24N2O4S. The number of aliphatic hydroxyl groups excluding tert-OH is 1. The number of hydrogen-bond acceptors (Lipinski definition) is 6. The van der Waals surface area contributed by atoms with Crippen LogP contribution in [0.2, 0.25) is 0 Å². The molecule has 7 heteroatoms. The Morgan fingerprint density at radius 2 is 1.78 bits per heavy atom. The molecular weight excluding hydrogens is 424 g/mol. The summed E-state index contributed by atoms with van der Waals surface area (Å²) in [5.74, 6) is -0.936. The van der Waals surface area contributed by atoms with E-state index in [-0.39, 0.29) is 5.57 Å². The van der Waals surface area contributed by atoms with Gasteiger partial charge in [-0.1, -0.05) is 18.2 Å². The molecule has 3 aromatic rings. The summed E-state index contributed by atoms with van der Waals surface area (Å²) in [7, 11) is 1.56. The third-order valence-electron chi connectivity index (χ3n) is 5.46. The molecule has 6 nitrogen and oxygen atoms in total. The maximum Gasteiger partial charge on any atom is 0.294 e. The van der Waals surface area contributed by atoms with E-state index in [4.69, 9.17) is 4.74 Å². The molecule has 1 N–H and O–H groups in total. The summed E-state index contributed by atoms with van der Waals surface area (Å²) >= 11 is 1.26. The van der Waals surface area contributed by atoms with E-state index in [1.807, 2.05) is 45.0 Å². The SMILES string of the molecule is COc1cccc(C2C(C(=O)c3sc(C)nc3C)=C(O)C(=O)N2c2cc(C)cc(C)c2)c1. The van der Waals surface area contributed by atoms with E-state index in [1.165, 1.54) is 16.2 Å². The van der Waals surface area contributed by atoms with Crippen LogP contribution < -0.4 is 9.64 Å². The zero-order chi connectivity index (χ0) is 23.2. The van der Waals surface area contributed by atoms with Crippen molar-refractivity contribution >= 4 is 28.7 Å². The van der Waals surface area contributed by atoms with E-state index in [1.54, 1.807) is 32.2 Å². The molecule has 1 amide bonds. The number of amides is 1. The number of nitrogens with zero attached hydrogens (tertiary/aromatic N) is 2. The molecule has 32 heavy (non-hydrogen) atoms. The summed E-state index contributed by atoms with van der Waals surface area (Å²) < 4.78 is 5.38. The van der Waals surface area contributed by atoms with Gasteiger partial charge in [0.15, 0.2) is 5.76 Å². The number of ketones is 1. The minimum Gasteiger partial charge on any atom is -0.503 e. The van der Waals surface area contributed by atoms with Gasteiger partial charge in [-0.2, -0.15) is 0 Å². The Bertz CT molecular complexity index is 1250. The van der Waals surface area contributed by atoms with Gasteiger partial charge in [0.25, 0.3) is 5.91 Å². The van der Waals surface area contributed by atoms with E-state index in [9.17, 15) is 14.7 Å². The Morgan fingerprint density at radius 3 is 2.38 bits per heavy atom. The predicted molar refractivity (Wildman–Crippen MR) is 125 cm³/mol. The molecule has 0 fully saturated rings. The summed E-state index contributed by atoms with van der Waals surface area (Å²) in [6.07, 6.45) is 0. The van der Waals surface area contributed by atoms with Crippen molar-refractivity contribution in [1.29, 1.82) is 0 Å². The maximum absolute atomic E-state index is 13.6. The third kappa shape index (κ3) is 3.69. The Hall–Kier alpha value is -3.45. The standard InChI is InChI=1S/C25H24N2O4S/c1-13-9-14(2)11-18(10-13)27-21(17-7-6-8-19(12-17)31-5)20(23(29)25(27)30)22(28)24-15(3)26-16(4)32-24/h6-12,21,29H,1-5H3. The van der Waals surface area contributed by atoms with Gasteiger partial charge in [-0.25, -0.2) is 4.98 Å². The topological polar surface area (TPSA) is 79.7 Å². The Labute approximate surface area is 190 Å². The van der Waals surface area contributed by atoms with E-state index in [0.717, 1.165) is 16.1 Å². The van der Waals surface area contributed by atoms with Crippen LogP contribution in [-0.2, 0) is 4.79 Å². The lowest BCUT2D eigenvalue weighted by atomic mass is 9.94. The normalized spacial score (nSPS) is 16.1. The number of Topliss-reactive ketones (excluding diaryl/α,β-unsaturated/α-hetero) is 1. The van der Waals surface area contributed by atoms with Gasteiger partial charge in [-0.05, 0) is 68.7 Å². The van der Waals surface area contributed by atoms with Gasteiger partial charge in [0, 0.05) is 5.69 Å². The van der Waals surface area contributed by atoms with E-state index in [0.29, 0.717) is 27.6 Å². The maximum atomic E-state index is 13.6. The van der Waals surface area contributed by atoms with Crippen molar-refractivity contribution in [2.45, 2.75) is 33.7 Å². The van der Waals surface area contributed by atoms with Crippen LogP contribution in [0.25, 0.3) is 0 Å². The first-order valence-electron chi connectivity index (χ1n) is 10.2. The second-order valence-electron chi connectivity index (χ2n) is 7.94. The van der Waals surface area contributed by atoms with Crippen molar-refractivity contribution in [3.8, 4) is 5.75 Å². The minimum atomic E-state index is -0.798. The average molecular weight is 449 g/mol. The second-order valence-corrected chi connectivity index (χ2v) is 9.14. The zero-order valence-corrected chi connectivity index (χ0v) is 19.4. The first kappa shape index (κ1) is 21.8. The van der Waals surface area contributed by atoms with Crippen molar-refractivity contribution in [2.75, 3.05) is 12.0 Å². The van der Waals surface area contributed by atoms with Crippen LogP contribution in [0, 0.1) is 27.7 Å². The molecule has 0 saturated carbocycles. The number of benzene rings is 2. The lowest BCUT2D eigenvalue weighted by Gasteiger charge is -2.27. The van der Waals surface area contributed by atoms with Crippen molar-refractivity contribution in [3.05, 3.63) is 86.1 Å². The fraction of sp³-hybridized carbons (Fsp3) is 0.240.